The van der Waals surface area contributed by atoms with Crippen LogP contribution in [0.3, 0.4) is 0 Å². The van der Waals surface area contributed by atoms with Gasteiger partial charge < -0.3 is 15.4 Å². The summed E-state index contributed by atoms with van der Waals surface area (Å²) >= 11 is 0. The van der Waals surface area contributed by atoms with E-state index in [9.17, 15) is 13.2 Å². The number of methoxy groups -OCH3 is 1. The summed E-state index contributed by atoms with van der Waals surface area (Å²) in [4.78, 5) is 11.8. The van der Waals surface area contributed by atoms with E-state index in [-0.39, 0.29) is 17.3 Å². The average Bonchev–Trinajstić information content (AvgIpc) is 2.34. The second-order valence-corrected chi connectivity index (χ2v) is 6.03. The van der Waals surface area contributed by atoms with Crippen molar-refractivity contribution in [3.05, 3.63) is 24.3 Å². The Morgan fingerprint density at radius 1 is 1.26 bits per heavy atom. The fraction of sp³-hybridized carbons (Fsp3) is 0.417. The predicted molar refractivity (Wildman–Crippen MR) is 72.9 cm³/mol. The van der Waals surface area contributed by atoms with Crippen molar-refractivity contribution in [2.45, 2.75) is 4.90 Å². The number of nitrogens with one attached hydrogen (secondary N) is 2. The number of hydrogen-bond donors (Lipinski definition) is 2. The zero-order valence-electron chi connectivity index (χ0n) is 11.0. The Hall–Kier alpha value is -1.44. The third kappa shape index (κ3) is 5.82. The van der Waals surface area contributed by atoms with E-state index in [0.717, 1.165) is 6.26 Å². The van der Waals surface area contributed by atoms with E-state index < -0.39 is 9.84 Å². The van der Waals surface area contributed by atoms with Crippen molar-refractivity contribution in [3.8, 4) is 0 Å². The molecular formula is C12H18N2O4S. The fourth-order valence-electron chi connectivity index (χ4n) is 1.37. The molecule has 1 aromatic rings. The lowest BCUT2D eigenvalue weighted by Gasteiger charge is -2.07. The first-order chi connectivity index (χ1) is 8.93. The molecule has 19 heavy (non-hydrogen) atoms. The van der Waals surface area contributed by atoms with Crippen LogP contribution in [0, 0.1) is 0 Å². The molecule has 0 aliphatic heterocycles. The Morgan fingerprint density at radius 3 is 2.42 bits per heavy atom. The van der Waals surface area contributed by atoms with Crippen LogP contribution in [0.5, 0.6) is 0 Å². The summed E-state index contributed by atoms with van der Waals surface area (Å²) in [6.45, 7) is 1.31. The Balaban J connectivity index is 2.47. The lowest BCUT2D eigenvalue weighted by atomic mass is 10.3. The van der Waals surface area contributed by atoms with Gasteiger partial charge in [0.25, 0.3) is 0 Å². The van der Waals surface area contributed by atoms with Gasteiger partial charge in [0.1, 0.15) is 0 Å². The van der Waals surface area contributed by atoms with Gasteiger partial charge in [-0.15, -0.1) is 0 Å². The fourth-order valence-corrected chi connectivity index (χ4v) is 2.00. The molecule has 0 saturated heterocycles. The molecule has 0 fully saturated rings. The molecule has 2 N–H and O–H groups in total. The van der Waals surface area contributed by atoms with E-state index >= 15 is 0 Å². The minimum atomic E-state index is -3.21. The normalized spacial score (nSPS) is 11.3. The summed E-state index contributed by atoms with van der Waals surface area (Å²) in [6.07, 6.45) is 1.14. The maximum Gasteiger partial charge on any atom is 0.238 e. The van der Waals surface area contributed by atoms with Crippen molar-refractivity contribution in [2.75, 3.05) is 38.4 Å². The van der Waals surface area contributed by atoms with Crippen LogP contribution >= 0.6 is 0 Å². The van der Waals surface area contributed by atoms with E-state index in [1.807, 2.05) is 0 Å². The molecule has 1 aromatic carbocycles. The third-order valence-corrected chi connectivity index (χ3v) is 3.46. The number of carbonyl (C=O) groups excluding carboxylic acids is 1. The molecule has 7 heteroatoms. The van der Waals surface area contributed by atoms with Gasteiger partial charge in [-0.05, 0) is 24.3 Å². The maximum atomic E-state index is 11.5. The minimum absolute atomic E-state index is 0.178. The topological polar surface area (TPSA) is 84.5 Å². The number of ether oxygens (including phenoxy) is 1. The zero-order chi connectivity index (χ0) is 14.3. The van der Waals surface area contributed by atoms with Gasteiger partial charge in [-0.3, -0.25) is 4.79 Å². The minimum Gasteiger partial charge on any atom is -0.383 e. The highest BCUT2D eigenvalue weighted by atomic mass is 32.2. The second-order valence-electron chi connectivity index (χ2n) is 4.01. The number of anilines is 1. The highest BCUT2D eigenvalue weighted by Gasteiger charge is 2.07. The molecule has 0 aliphatic rings. The van der Waals surface area contributed by atoms with Crippen LogP contribution < -0.4 is 10.6 Å². The smallest absolute Gasteiger partial charge is 0.238 e. The average molecular weight is 286 g/mol. The molecule has 0 radical (unpaired) electrons. The molecule has 0 unspecified atom stereocenters. The zero-order valence-corrected chi connectivity index (χ0v) is 11.8. The SMILES string of the molecule is COCCNCC(=O)Nc1ccc(S(C)(=O)=O)cc1. The first-order valence-corrected chi connectivity index (χ1v) is 7.62. The van der Waals surface area contributed by atoms with E-state index in [4.69, 9.17) is 4.74 Å². The first-order valence-electron chi connectivity index (χ1n) is 5.73. The van der Waals surface area contributed by atoms with Gasteiger partial charge >= 0.3 is 0 Å². The van der Waals surface area contributed by atoms with Crippen LogP contribution in [0.2, 0.25) is 0 Å². The van der Waals surface area contributed by atoms with Crippen molar-refractivity contribution in [3.63, 3.8) is 0 Å². The van der Waals surface area contributed by atoms with Gasteiger partial charge in [-0.1, -0.05) is 0 Å². The van der Waals surface area contributed by atoms with Crippen molar-refractivity contribution in [2.24, 2.45) is 0 Å². The Kier molecular flexibility index (Phi) is 5.94. The van der Waals surface area contributed by atoms with Gasteiger partial charge in [0, 0.05) is 25.6 Å². The van der Waals surface area contributed by atoms with E-state index in [2.05, 4.69) is 10.6 Å². The molecule has 1 rings (SSSR count). The summed E-state index contributed by atoms with van der Waals surface area (Å²) < 4.78 is 27.4. The van der Waals surface area contributed by atoms with Gasteiger partial charge in [-0.25, -0.2) is 8.42 Å². The van der Waals surface area contributed by atoms with Crippen LogP contribution in [0.15, 0.2) is 29.2 Å². The molecule has 0 heterocycles. The van der Waals surface area contributed by atoms with Crippen LogP contribution in [-0.2, 0) is 19.4 Å². The van der Waals surface area contributed by atoms with Crippen molar-refractivity contribution < 1.29 is 17.9 Å². The molecular weight excluding hydrogens is 268 g/mol. The van der Waals surface area contributed by atoms with E-state index in [1.165, 1.54) is 12.1 Å². The standard InChI is InChI=1S/C12H18N2O4S/c1-18-8-7-13-9-12(15)14-10-3-5-11(6-4-10)19(2,16)17/h3-6,13H,7-9H2,1-2H3,(H,14,15). The Bertz CT molecular complexity index is 511. The molecule has 0 aromatic heterocycles. The van der Waals surface area contributed by atoms with Crippen molar-refractivity contribution in [1.29, 1.82) is 0 Å². The van der Waals surface area contributed by atoms with Gasteiger partial charge in [0.15, 0.2) is 9.84 Å². The van der Waals surface area contributed by atoms with Crippen molar-refractivity contribution >= 4 is 21.4 Å². The molecule has 0 spiro atoms. The number of rotatable bonds is 7. The molecule has 0 atom stereocenters. The van der Waals surface area contributed by atoms with Crippen molar-refractivity contribution in [1.82, 2.24) is 5.32 Å². The molecule has 0 saturated carbocycles. The van der Waals surface area contributed by atoms with E-state index in [0.29, 0.717) is 18.8 Å². The molecule has 0 bridgehead atoms. The van der Waals surface area contributed by atoms with E-state index in [1.54, 1.807) is 19.2 Å². The van der Waals surface area contributed by atoms with Gasteiger partial charge in [0.05, 0.1) is 18.0 Å². The highest BCUT2D eigenvalue weighted by Crippen LogP contribution is 2.13. The van der Waals surface area contributed by atoms with Crippen LogP contribution in [-0.4, -0.2) is 47.4 Å². The van der Waals surface area contributed by atoms with Gasteiger partial charge in [-0.2, -0.15) is 0 Å². The van der Waals surface area contributed by atoms with Crippen LogP contribution in [0.25, 0.3) is 0 Å². The number of amides is 1. The molecule has 0 aliphatic carbocycles. The van der Waals surface area contributed by atoms with Crippen LogP contribution in [0.4, 0.5) is 5.69 Å². The number of benzene rings is 1. The second kappa shape index (κ2) is 7.22. The largest absolute Gasteiger partial charge is 0.383 e. The predicted octanol–water partition coefficient (Wildman–Crippen LogP) is 0.265. The molecule has 6 nitrogen and oxygen atoms in total. The first kappa shape index (κ1) is 15.6. The molecule has 106 valence electrons. The Labute approximate surface area is 113 Å². The number of carbonyl (C=O) groups is 1. The maximum absolute atomic E-state index is 11.5. The summed E-state index contributed by atoms with van der Waals surface area (Å²) in [7, 11) is -1.62. The lowest BCUT2D eigenvalue weighted by Crippen LogP contribution is -2.30. The summed E-state index contributed by atoms with van der Waals surface area (Å²) in [5, 5.41) is 5.57. The number of hydrogen-bond acceptors (Lipinski definition) is 5. The van der Waals surface area contributed by atoms with Crippen LogP contribution in [0.1, 0.15) is 0 Å². The third-order valence-electron chi connectivity index (χ3n) is 2.33. The number of sulfone groups is 1. The summed E-state index contributed by atoms with van der Waals surface area (Å²) in [5.41, 5.74) is 0.561. The Morgan fingerprint density at radius 2 is 1.89 bits per heavy atom. The molecule has 1 amide bonds. The monoisotopic (exact) mass is 286 g/mol. The summed E-state index contributed by atoms with van der Waals surface area (Å²) in [6, 6.07) is 6.04. The quantitative estimate of drug-likeness (QED) is 0.703. The lowest BCUT2D eigenvalue weighted by molar-refractivity contribution is -0.115. The summed E-state index contributed by atoms with van der Waals surface area (Å²) in [5.74, 6) is -0.191. The highest BCUT2D eigenvalue weighted by molar-refractivity contribution is 7.90. The van der Waals surface area contributed by atoms with Gasteiger partial charge in [0.2, 0.25) is 5.91 Å².